The maximum Gasteiger partial charge on any atom is 0.140 e. The van der Waals surface area contributed by atoms with Gasteiger partial charge in [0.25, 0.3) is 0 Å². The van der Waals surface area contributed by atoms with Gasteiger partial charge < -0.3 is 0 Å². The Hall–Kier alpha value is -1.40. The van der Waals surface area contributed by atoms with E-state index in [2.05, 4.69) is 25.7 Å². The highest BCUT2D eigenvalue weighted by Crippen LogP contribution is 2.16. The van der Waals surface area contributed by atoms with Crippen LogP contribution in [0.25, 0.3) is 0 Å². The standard InChI is InChI=1S/C13H17FN2/c1-13(2,3)16(4)9-10-5-6-12(14)11(7-10)8-15/h5-7H,9H2,1-4H3. The summed E-state index contributed by atoms with van der Waals surface area (Å²) in [5.74, 6) is -0.454. The molecule has 0 saturated heterocycles. The molecule has 0 unspecified atom stereocenters. The Kier molecular flexibility index (Phi) is 3.66. The Morgan fingerprint density at radius 1 is 1.38 bits per heavy atom. The molecule has 0 fully saturated rings. The molecule has 0 spiro atoms. The highest BCUT2D eigenvalue weighted by Gasteiger charge is 2.17. The van der Waals surface area contributed by atoms with Crippen LogP contribution in [-0.2, 0) is 6.54 Å². The molecular weight excluding hydrogens is 203 g/mol. The number of hydrogen-bond acceptors (Lipinski definition) is 2. The predicted octanol–water partition coefficient (Wildman–Crippen LogP) is 2.93. The van der Waals surface area contributed by atoms with Gasteiger partial charge in [-0.05, 0) is 45.5 Å². The van der Waals surface area contributed by atoms with Crippen LogP contribution in [-0.4, -0.2) is 17.5 Å². The molecule has 0 heterocycles. The van der Waals surface area contributed by atoms with Gasteiger partial charge in [0.1, 0.15) is 11.9 Å². The first-order chi connectivity index (χ1) is 7.34. The Morgan fingerprint density at radius 2 is 2.00 bits per heavy atom. The number of benzene rings is 1. The van der Waals surface area contributed by atoms with E-state index in [0.717, 1.165) is 5.56 Å². The molecular formula is C13H17FN2. The predicted molar refractivity (Wildman–Crippen MR) is 62.3 cm³/mol. The van der Waals surface area contributed by atoms with E-state index >= 15 is 0 Å². The Morgan fingerprint density at radius 3 is 2.50 bits per heavy atom. The van der Waals surface area contributed by atoms with Crippen LogP contribution in [0.4, 0.5) is 4.39 Å². The van der Waals surface area contributed by atoms with Crippen molar-refractivity contribution in [3.63, 3.8) is 0 Å². The molecule has 0 N–H and O–H groups in total. The lowest BCUT2D eigenvalue weighted by Gasteiger charge is -2.31. The maximum absolute atomic E-state index is 13.1. The lowest BCUT2D eigenvalue weighted by molar-refractivity contribution is 0.167. The first kappa shape index (κ1) is 12.7. The number of hydrogen-bond donors (Lipinski definition) is 0. The quantitative estimate of drug-likeness (QED) is 0.766. The summed E-state index contributed by atoms with van der Waals surface area (Å²) in [6.45, 7) is 7.05. The lowest BCUT2D eigenvalue weighted by atomic mass is 10.0. The van der Waals surface area contributed by atoms with Gasteiger partial charge in [0.05, 0.1) is 5.56 Å². The molecule has 86 valence electrons. The van der Waals surface area contributed by atoms with E-state index in [1.807, 2.05) is 13.1 Å². The molecule has 0 aliphatic rings. The minimum absolute atomic E-state index is 0.0567. The fourth-order valence-electron chi connectivity index (χ4n) is 1.27. The Bertz CT molecular complexity index is 413. The van der Waals surface area contributed by atoms with Crippen molar-refractivity contribution >= 4 is 0 Å². The van der Waals surface area contributed by atoms with Crippen LogP contribution in [0.3, 0.4) is 0 Å². The largest absolute Gasteiger partial charge is 0.297 e. The van der Waals surface area contributed by atoms with Gasteiger partial charge in [0.2, 0.25) is 0 Å². The summed E-state index contributed by atoms with van der Waals surface area (Å²) in [5, 5.41) is 8.73. The average Bonchev–Trinajstić information content (AvgIpc) is 2.19. The molecule has 0 amide bonds. The van der Waals surface area contributed by atoms with Gasteiger partial charge in [-0.3, -0.25) is 4.90 Å². The van der Waals surface area contributed by atoms with Gasteiger partial charge in [-0.15, -0.1) is 0 Å². The molecule has 16 heavy (non-hydrogen) atoms. The highest BCUT2D eigenvalue weighted by molar-refractivity contribution is 5.34. The molecule has 0 aromatic heterocycles. The number of nitrogens with zero attached hydrogens (tertiary/aromatic N) is 2. The van der Waals surface area contributed by atoms with E-state index in [4.69, 9.17) is 5.26 Å². The summed E-state index contributed by atoms with van der Waals surface area (Å²) < 4.78 is 13.1. The summed E-state index contributed by atoms with van der Waals surface area (Å²) in [4.78, 5) is 2.15. The van der Waals surface area contributed by atoms with Gasteiger partial charge in [-0.25, -0.2) is 4.39 Å². The number of rotatable bonds is 2. The first-order valence-corrected chi connectivity index (χ1v) is 5.24. The van der Waals surface area contributed by atoms with Crippen molar-refractivity contribution in [2.45, 2.75) is 32.9 Å². The fourth-order valence-corrected chi connectivity index (χ4v) is 1.27. The van der Waals surface area contributed by atoms with Crippen LogP contribution in [0.1, 0.15) is 31.9 Å². The summed E-state index contributed by atoms with van der Waals surface area (Å²) in [7, 11) is 2.01. The van der Waals surface area contributed by atoms with Gasteiger partial charge in [-0.1, -0.05) is 6.07 Å². The minimum Gasteiger partial charge on any atom is -0.297 e. The number of nitriles is 1. The molecule has 0 radical (unpaired) electrons. The van der Waals surface area contributed by atoms with Crippen molar-refractivity contribution in [2.24, 2.45) is 0 Å². The second-order valence-corrected chi connectivity index (χ2v) is 4.95. The van der Waals surface area contributed by atoms with E-state index in [0.29, 0.717) is 6.54 Å². The third kappa shape index (κ3) is 3.04. The zero-order valence-electron chi connectivity index (χ0n) is 10.2. The van der Waals surface area contributed by atoms with Crippen LogP contribution in [0.5, 0.6) is 0 Å². The Labute approximate surface area is 96.3 Å². The summed E-state index contributed by atoms with van der Waals surface area (Å²) in [5.41, 5.74) is 1.12. The minimum atomic E-state index is -0.454. The molecule has 2 nitrogen and oxygen atoms in total. The van der Waals surface area contributed by atoms with Gasteiger partial charge >= 0.3 is 0 Å². The molecule has 0 saturated carbocycles. The topological polar surface area (TPSA) is 27.0 Å². The molecule has 0 bridgehead atoms. The third-order valence-electron chi connectivity index (χ3n) is 2.72. The molecule has 1 aromatic rings. The average molecular weight is 220 g/mol. The third-order valence-corrected chi connectivity index (χ3v) is 2.72. The van der Waals surface area contributed by atoms with Crippen molar-refractivity contribution in [1.29, 1.82) is 5.26 Å². The zero-order chi connectivity index (χ0) is 12.3. The maximum atomic E-state index is 13.1. The van der Waals surface area contributed by atoms with Crippen molar-refractivity contribution < 1.29 is 4.39 Å². The van der Waals surface area contributed by atoms with E-state index in [-0.39, 0.29) is 11.1 Å². The van der Waals surface area contributed by atoms with Crippen LogP contribution in [0.2, 0.25) is 0 Å². The first-order valence-electron chi connectivity index (χ1n) is 5.24. The van der Waals surface area contributed by atoms with Crippen LogP contribution in [0, 0.1) is 17.1 Å². The van der Waals surface area contributed by atoms with Crippen LogP contribution >= 0.6 is 0 Å². The molecule has 0 aliphatic carbocycles. The van der Waals surface area contributed by atoms with Crippen molar-refractivity contribution in [2.75, 3.05) is 7.05 Å². The second-order valence-electron chi connectivity index (χ2n) is 4.95. The number of halogens is 1. The normalized spacial score (nSPS) is 11.6. The zero-order valence-corrected chi connectivity index (χ0v) is 10.2. The molecule has 0 aliphatic heterocycles. The van der Waals surface area contributed by atoms with Crippen LogP contribution < -0.4 is 0 Å². The van der Waals surface area contributed by atoms with E-state index in [1.54, 1.807) is 12.1 Å². The summed E-state index contributed by atoms with van der Waals surface area (Å²) >= 11 is 0. The van der Waals surface area contributed by atoms with Crippen molar-refractivity contribution in [1.82, 2.24) is 4.90 Å². The SMILES string of the molecule is CN(Cc1ccc(F)c(C#N)c1)C(C)(C)C. The molecule has 1 rings (SSSR count). The summed E-state index contributed by atoms with van der Waals surface area (Å²) in [6, 6.07) is 6.54. The van der Waals surface area contributed by atoms with Gasteiger partial charge in [-0.2, -0.15) is 5.26 Å². The fraction of sp³-hybridized carbons (Fsp3) is 0.462. The summed E-state index contributed by atoms with van der Waals surface area (Å²) in [6.07, 6.45) is 0. The highest BCUT2D eigenvalue weighted by atomic mass is 19.1. The van der Waals surface area contributed by atoms with Crippen molar-refractivity contribution in [3.8, 4) is 6.07 Å². The molecule has 1 aromatic carbocycles. The van der Waals surface area contributed by atoms with E-state index in [9.17, 15) is 4.39 Å². The molecule has 3 heteroatoms. The monoisotopic (exact) mass is 220 g/mol. The lowest BCUT2D eigenvalue weighted by Crippen LogP contribution is -2.37. The van der Waals surface area contributed by atoms with Gasteiger partial charge in [0, 0.05) is 12.1 Å². The van der Waals surface area contributed by atoms with E-state index in [1.165, 1.54) is 6.07 Å². The van der Waals surface area contributed by atoms with Crippen LogP contribution in [0.15, 0.2) is 18.2 Å². The van der Waals surface area contributed by atoms with E-state index < -0.39 is 5.82 Å². The van der Waals surface area contributed by atoms with Crippen molar-refractivity contribution in [3.05, 3.63) is 35.1 Å². The van der Waals surface area contributed by atoms with Gasteiger partial charge in [0.15, 0.2) is 0 Å². The smallest absolute Gasteiger partial charge is 0.140 e. The Balaban J connectivity index is 2.88. The second kappa shape index (κ2) is 4.63. The molecule has 0 atom stereocenters.